The zero-order chi connectivity index (χ0) is 26.7. The molecule has 0 atom stereocenters. The Labute approximate surface area is 228 Å². The van der Waals surface area contributed by atoms with E-state index in [1.165, 1.54) is 44.3 Å². The van der Waals surface area contributed by atoms with Gasteiger partial charge in [-0.15, -0.1) is 0 Å². The van der Waals surface area contributed by atoms with Crippen molar-refractivity contribution < 1.29 is 4.74 Å². The first kappa shape index (κ1) is 25.0. The van der Waals surface area contributed by atoms with Gasteiger partial charge in [0.05, 0.1) is 0 Å². The van der Waals surface area contributed by atoms with Gasteiger partial charge in [-0.25, -0.2) is 0 Å². The molecule has 3 heteroatoms. The number of ether oxygens (including phenoxy) is 1. The summed E-state index contributed by atoms with van der Waals surface area (Å²) >= 11 is 0. The summed E-state index contributed by atoms with van der Waals surface area (Å²) in [6.45, 7) is 17.6. The molecule has 0 unspecified atom stereocenters. The summed E-state index contributed by atoms with van der Waals surface area (Å²) in [4.78, 5) is 5.13. The van der Waals surface area contributed by atoms with E-state index >= 15 is 0 Å². The predicted molar refractivity (Wildman–Crippen MR) is 158 cm³/mol. The van der Waals surface area contributed by atoms with E-state index in [0.717, 1.165) is 44.1 Å². The van der Waals surface area contributed by atoms with Crippen molar-refractivity contribution in [2.75, 3.05) is 0 Å². The molecule has 0 radical (unpaired) electrons. The van der Waals surface area contributed by atoms with E-state index in [2.05, 4.69) is 124 Å². The highest BCUT2D eigenvalue weighted by Crippen LogP contribution is 2.40. The molecule has 2 aliphatic heterocycles. The van der Waals surface area contributed by atoms with Gasteiger partial charge in [0.1, 0.15) is 11.5 Å². The Bertz CT molecular complexity index is 1420. The summed E-state index contributed by atoms with van der Waals surface area (Å²) in [6, 6.07) is 18.0. The van der Waals surface area contributed by atoms with Gasteiger partial charge in [0, 0.05) is 43.8 Å². The Hall–Kier alpha value is -3.30. The second-order valence-electron chi connectivity index (χ2n) is 13.1. The molecule has 1 aliphatic carbocycles. The van der Waals surface area contributed by atoms with E-state index in [1.54, 1.807) is 0 Å². The van der Waals surface area contributed by atoms with Crippen LogP contribution in [0.2, 0.25) is 0 Å². The topological polar surface area (TPSA) is 15.7 Å². The Balaban J connectivity index is 1.23. The van der Waals surface area contributed by atoms with Gasteiger partial charge in [0.25, 0.3) is 0 Å². The zero-order valence-corrected chi connectivity index (χ0v) is 23.8. The Morgan fingerprint density at radius 3 is 1.74 bits per heavy atom. The fourth-order valence-corrected chi connectivity index (χ4v) is 5.99. The van der Waals surface area contributed by atoms with E-state index in [0.29, 0.717) is 0 Å². The van der Waals surface area contributed by atoms with Crippen LogP contribution in [0.5, 0.6) is 5.75 Å². The van der Waals surface area contributed by atoms with E-state index in [1.807, 2.05) is 0 Å². The second-order valence-corrected chi connectivity index (χ2v) is 13.1. The molecule has 0 spiro atoms. The van der Waals surface area contributed by atoms with Crippen molar-refractivity contribution in [3.8, 4) is 5.75 Å². The van der Waals surface area contributed by atoms with Gasteiger partial charge in [-0.05, 0) is 95.1 Å². The van der Waals surface area contributed by atoms with Gasteiger partial charge in [-0.3, -0.25) is 4.90 Å². The minimum Gasteiger partial charge on any atom is -0.457 e. The normalized spacial score (nSPS) is 17.8. The molecule has 0 fully saturated rings. The molecule has 0 saturated heterocycles. The largest absolute Gasteiger partial charge is 0.457 e. The molecule has 38 heavy (non-hydrogen) atoms. The van der Waals surface area contributed by atoms with Crippen LogP contribution < -0.4 is 4.74 Å². The van der Waals surface area contributed by atoms with Crippen molar-refractivity contribution in [2.45, 2.75) is 85.1 Å². The molecule has 0 amide bonds. The zero-order valence-electron chi connectivity index (χ0n) is 23.8. The van der Waals surface area contributed by atoms with Crippen LogP contribution in [0.1, 0.15) is 75.8 Å². The van der Waals surface area contributed by atoms with Crippen LogP contribution in [0, 0.1) is 0 Å². The lowest BCUT2D eigenvalue weighted by Gasteiger charge is -2.41. The quantitative estimate of drug-likeness (QED) is 0.356. The molecule has 196 valence electrons. The first-order valence-electron chi connectivity index (χ1n) is 14.0. The van der Waals surface area contributed by atoms with Gasteiger partial charge >= 0.3 is 0 Å². The monoisotopic (exact) mass is 504 g/mol. The van der Waals surface area contributed by atoms with E-state index < -0.39 is 0 Å². The maximum atomic E-state index is 6.23. The van der Waals surface area contributed by atoms with Crippen LogP contribution in [0.25, 0.3) is 10.8 Å². The number of allylic oxidation sites excluding steroid dienone is 4. The van der Waals surface area contributed by atoms with Crippen LogP contribution >= 0.6 is 0 Å². The molecule has 0 saturated carbocycles. The van der Waals surface area contributed by atoms with E-state index in [4.69, 9.17) is 4.74 Å². The number of nitrogens with zero attached hydrogens (tertiary/aromatic N) is 2. The molecule has 0 bridgehead atoms. The average Bonchev–Trinajstić information content (AvgIpc) is 3.11. The molecule has 6 rings (SSSR count). The highest BCUT2D eigenvalue weighted by molar-refractivity contribution is 5.95. The maximum Gasteiger partial charge on any atom is 0.127 e. The van der Waals surface area contributed by atoms with E-state index in [9.17, 15) is 0 Å². The van der Waals surface area contributed by atoms with Gasteiger partial charge in [0.15, 0.2) is 0 Å². The Morgan fingerprint density at radius 1 is 0.658 bits per heavy atom. The van der Waals surface area contributed by atoms with Gasteiger partial charge in [-0.2, -0.15) is 0 Å². The fraction of sp³-hybridized carbons (Fsp3) is 0.371. The summed E-state index contributed by atoms with van der Waals surface area (Å²) in [5.74, 6) is 1.75. The molecule has 2 heterocycles. The summed E-state index contributed by atoms with van der Waals surface area (Å²) in [6.07, 6.45) is 9.60. The van der Waals surface area contributed by atoms with Crippen molar-refractivity contribution in [2.24, 2.45) is 0 Å². The highest BCUT2D eigenvalue weighted by atomic mass is 16.5. The van der Waals surface area contributed by atoms with Crippen LogP contribution in [0.15, 0.2) is 84.3 Å². The van der Waals surface area contributed by atoms with Crippen LogP contribution in [0.4, 0.5) is 0 Å². The number of rotatable bonds is 3. The number of benzene rings is 3. The lowest BCUT2D eigenvalue weighted by atomic mass is 9.86. The van der Waals surface area contributed by atoms with Crippen LogP contribution in [0.3, 0.4) is 0 Å². The first-order valence-corrected chi connectivity index (χ1v) is 14.0. The lowest BCUT2D eigenvalue weighted by molar-refractivity contribution is 0.116. The molecule has 3 aliphatic rings. The fourth-order valence-electron chi connectivity index (χ4n) is 5.99. The first-order chi connectivity index (χ1) is 18.1. The Kier molecular flexibility index (Phi) is 6.03. The summed E-state index contributed by atoms with van der Waals surface area (Å²) in [7, 11) is 0. The number of hydrogen-bond acceptors (Lipinski definition) is 3. The molecule has 0 N–H and O–H groups in total. The van der Waals surface area contributed by atoms with Crippen LogP contribution in [-0.4, -0.2) is 15.3 Å². The second kappa shape index (κ2) is 9.17. The van der Waals surface area contributed by atoms with Gasteiger partial charge in [-0.1, -0.05) is 63.2 Å². The van der Waals surface area contributed by atoms with Crippen molar-refractivity contribution in [3.05, 3.63) is 112 Å². The van der Waals surface area contributed by atoms with Crippen molar-refractivity contribution in [1.82, 2.24) is 9.80 Å². The predicted octanol–water partition coefficient (Wildman–Crippen LogP) is 8.37. The molecule has 3 aromatic rings. The van der Waals surface area contributed by atoms with Crippen molar-refractivity contribution >= 4 is 10.8 Å². The van der Waals surface area contributed by atoms with Gasteiger partial charge in [0.2, 0.25) is 0 Å². The maximum absolute atomic E-state index is 6.23. The molecule has 0 aromatic heterocycles. The van der Waals surface area contributed by atoms with Gasteiger partial charge < -0.3 is 9.64 Å². The average molecular weight is 505 g/mol. The third-order valence-corrected chi connectivity index (χ3v) is 8.31. The summed E-state index contributed by atoms with van der Waals surface area (Å²) in [5.41, 5.74) is 8.81. The summed E-state index contributed by atoms with van der Waals surface area (Å²) < 4.78 is 6.23. The van der Waals surface area contributed by atoms with Crippen molar-refractivity contribution in [1.29, 1.82) is 0 Å². The third kappa shape index (κ3) is 4.69. The minimum atomic E-state index is 0.141. The standard InChI is InChI=1S/C35H40N2O/c1-34(2,3)28-14-17-31(18-15-28)38-30-9-7-8-29(16-19-30)36-20-24-10-12-26-22-37(35(4,5)6)23-27-13-11-25(21-36)32(24)33(26)27/h7,9-19H,8,20-23H2,1-6H3. The minimum absolute atomic E-state index is 0.141. The number of hydrogen-bond donors (Lipinski definition) is 0. The molecular formula is C35H40N2O. The molecular weight excluding hydrogens is 464 g/mol. The van der Waals surface area contributed by atoms with E-state index in [-0.39, 0.29) is 11.0 Å². The molecule has 3 nitrogen and oxygen atoms in total. The smallest absolute Gasteiger partial charge is 0.127 e. The Morgan fingerprint density at radius 2 is 1.21 bits per heavy atom. The SMILES string of the molecule is CC(C)(C)c1ccc(OC2=CC=C(N3Cc4ccc5c6c(ccc(c46)C3)CN(C(C)(C)C)C5)CC=C2)cc1. The molecule has 3 aromatic carbocycles. The van der Waals surface area contributed by atoms with Crippen molar-refractivity contribution in [3.63, 3.8) is 0 Å². The lowest BCUT2D eigenvalue weighted by Crippen LogP contribution is -2.42. The highest BCUT2D eigenvalue weighted by Gasteiger charge is 2.30. The summed E-state index contributed by atoms with van der Waals surface area (Å²) in [5, 5.41) is 3.02. The third-order valence-electron chi connectivity index (χ3n) is 8.31. The van der Waals surface area contributed by atoms with Crippen LogP contribution in [-0.2, 0) is 31.6 Å².